The average molecular weight is 289 g/mol. The highest BCUT2D eigenvalue weighted by atomic mass is 16.5. The molecule has 0 amide bonds. The van der Waals surface area contributed by atoms with Gasteiger partial charge in [0.1, 0.15) is 11.4 Å². The SMILES string of the molecule is C/C=C/CC.C/C=C\C(C)(C)Oc1ccc(NC)c(C)c1. The van der Waals surface area contributed by atoms with Crippen LogP contribution in [0.4, 0.5) is 5.69 Å². The van der Waals surface area contributed by atoms with Crippen molar-refractivity contribution in [2.75, 3.05) is 12.4 Å². The van der Waals surface area contributed by atoms with Crippen LogP contribution in [-0.2, 0) is 0 Å². The number of nitrogens with one attached hydrogen (secondary N) is 1. The molecule has 0 aliphatic heterocycles. The molecule has 0 heterocycles. The van der Waals surface area contributed by atoms with E-state index in [1.165, 1.54) is 5.56 Å². The van der Waals surface area contributed by atoms with Crippen molar-refractivity contribution in [3.8, 4) is 5.75 Å². The lowest BCUT2D eigenvalue weighted by atomic mass is 10.1. The molecular formula is C19H31NO. The third kappa shape index (κ3) is 8.23. The Bertz CT molecular complexity index is 459. The fourth-order valence-electron chi connectivity index (χ4n) is 1.95. The molecule has 0 saturated heterocycles. The van der Waals surface area contributed by atoms with Crippen LogP contribution in [0.1, 0.15) is 46.6 Å². The Morgan fingerprint density at radius 1 is 1.19 bits per heavy atom. The Kier molecular flexibility index (Phi) is 9.27. The summed E-state index contributed by atoms with van der Waals surface area (Å²) in [6, 6.07) is 6.08. The highest BCUT2D eigenvalue weighted by molar-refractivity contribution is 5.53. The van der Waals surface area contributed by atoms with E-state index in [9.17, 15) is 0 Å². The van der Waals surface area contributed by atoms with E-state index in [0.29, 0.717) is 0 Å². The van der Waals surface area contributed by atoms with Gasteiger partial charge in [-0.15, -0.1) is 0 Å². The molecule has 118 valence electrons. The van der Waals surface area contributed by atoms with Gasteiger partial charge in [0.05, 0.1) is 0 Å². The van der Waals surface area contributed by atoms with Gasteiger partial charge in [0.15, 0.2) is 0 Å². The number of rotatable bonds is 5. The molecular weight excluding hydrogens is 258 g/mol. The molecule has 0 atom stereocenters. The van der Waals surface area contributed by atoms with E-state index in [-0.39, 0.29) is 5.60 Å². The number of anilines is 1. The van der Waals surface area contributed by atoms with Crippen molar-refractivity contribution >= 4 is 5.69 Å². The van der Waals surface area contributed by atoms with E-state index in [2.05, 4.69) is 37.4 Å². The van der Waals surface area contributed by atoms with Crippen LogP contribution in [0.5, 0.6) is 5.75 Å². The Hall–Kier alpha value is -1.70. The van der Waals surface area contributed by atoms with Gasteiger partial charge in [-0.2, -0.15) is 0 Å². The van der Waals surface area contributed by atoms with Crippen LogP contribution >= 0.6 is 0 Å². The number of hydrogen-bond donors (Lipinski definition) is 1. The third-order valence-electron chi connectivity index (χ3n) is 2.89. The number of aryl methyl sites for hydroxylation is 1. The molecule has 0 radical (unpaired) electrons. The zero-order valence-electron chi connectivity index (χ0n) is 14.7. The summed E-state index contributed by atoms with van der Waals surface area (Å²) in [5.74, 6) is 0.902. The first-order valence-corrected chi connectivity index (χ1v) is 7.62. The molecule has 0 aliphatic rings. The molecule has 21 heavy (non-hydrogen) atoms. The zero-order chi connectivity index (χ0) is 16.3. The van der Waals surface area contributed by atoms with Crippen LogP contribution in [0.3, 0.4) is 0 Å². The summed E-state index contributed by atoms with van der Waals surface area (Å²) >= 11 is 0. The molecule has 0 aliphatic carbocycles. The standard InChI is InChI=1S/C14H21NO.C5H10/c1-6-9-14(3,4)16-12-7-8-13(15-5)11(2)10-12;1-3-5-4-2/h6-10,15H,1-5H3;3,5H,4H2,1-2H3/b9-6-;5-3+. The van der Waals surface area contributed by atoms with Crippen molar-refractivity contribution < 1.29 is 4.74 Å². The summed E-state index contributed by atoms with van der Waals surface area (Å²) in [4.78, 5) is 0. The molecule has 1 aromatic rings. The minimum Gasteiger partial charge on any atom is -0.484 e. The van der Waals surface area contributed by atoms with Crippen LogP contribution in [0.15, 0.2) is 42.5 Å². The molecule has 0 spiro atoms. The first-order chi connectivity index (χ1) is 9.90. The van der Waals surface area contributed by atoms with E-state index in [1.54, 1.807) is 0 Å². The largest absolute Gasteiger partial charge is 0.484 e. The number of ether oxygens (including phenoxy) is 1. The Morgan fingerprint density at radius 2 is 1.86 bits per heavy atom. The summed E-state index contributed by atoms with van der Waals surface area (Å²) in [7, 11) is 1.92. The summed E-state index contributed by atoms with van der Waals surface area (Å²) in [5.41, 5.74) is 2.06. The number of benzene rings is 1. The van der Waals surface area contributed by atoms with E-state index in [4.69, 9.17) is 4.74 Å². The van der Waals surface area contributed by atoms with Gasteiger partial charge in [0.2, 0.25) is 0 Å². The van der Waals surface area contributed by atoms with Crippen molar-refractivity contribution in [2.24, 2.45) is 0 Å². The summed E-state index contributed by atoms with van der Waals surface area (Å²) < 4.78 is 5.91. The molecule has 0 aromatic heterocycles. The van der Waals surface area contributed by atoms with Crippen LogP contribution < -0.4 is 10.1 Å². The van der Waals surface area contributed by atoms with Gasteiger partial charge in [-0.25, -0.2) is 0 Å². The van der Waals surface area contributed by atoms with Crippen molar-refractivity contribution in [1.82, 2.24) is 0 Å². The van der Waals surface area contributed by atoms with Gasteiger partial charge in [-0.3, -0.25) is 0 Å². The Balaban J connectivity index is 0.000000690. The molecule has 0 bridgehead atoms. The molecule has 0 unspecified atom stereocenters. The second-order valence-electron chi connectivity index (χ2n) is 5.41. The lowest BCUT2D eigenvalue weighted by Gasteiger charge is -2.23. The van der Waals surface area contributed by atoms with Gasteiger partial charge in [0, 0.05) is 12.7 Å². The van der Waals surface area contributed by atoms with Gasteiger partial charge in [0.25, 0.3) is 0 Å². The van der Waals surface area contributed by atoms with Crippen molar-refractivity contribution in [3.05, 3.63) is 48.1 Å². The molecule has 1 aromatic carbocycles. The maximum Gasteiger partial charge on any atom is 0.121 e. The van der Waals surface area contributed by atoms with E-state index >= 15 is 0 Å². The molecule has 0 saturated carbocycles. The third-order valence-corrected chi connectivity index (χ3v) is 2.89. The molecule has 0 fully saturated rings. The van der Waals surface area contributed by atoms with Crippen LogP contribution in [0.25, 0.3) is 0 Å². The van der Waals surface area contributed by atoms with E-state index in [1.807, 2.05) is 59.0 Å². The first-order valence-electron chi connectivity index (χ1n) is 7.62. The summed E-state index contributed by atoms with van der Waals surface area (Å²) in [6.45, 7) is 12.3. The highest BCUT2D eigenvalue weighted by Crippen LogP contribution is 2.24. The van der Waals surface area contributed by atoms with E-state index in [0.717, 1.165) is 17.9 Å². The fraction of sp³-hybridized carbons (Fsp3) is 0.474. The second-order valence-corrected chi connectivity index (χ2v) is 5.41. The second kappa shape index (κ2) is 10.1. The van der Waals surface area contributed by atoms with Gasteiger partial charge >= 0.3 is 0 Å². The number of hydrogen-bond acceptors (Lipinski definition) is 2. The topological polar surface area (TPSA) is 21.3 Å². The van der Waals surface area contributed by atoms with Crippen LogP contribution in [-0.4, -0.2) is 12.6 Å². The maximum atomic E-state index is 5.91. The molecule has 1 N–H and O–H groups in total. The smallest absolute Gasteiger partial charge is 0.121 e. The summed E-state index contributed by atoms with van der Waals surface area (Å²) in [6.07, 6.45) is 9.40. The Morgan fingerprint density at radius 3 is 2.24 bits per heavy atom. The molecule has 2 nitrogen and oxygen atoms in total. The monoisotopic (exact) mass is 289 g/mol. The predicted molar refractivity (Wildman–Crippen MR) is 95.4 cm³/mol. The zero-order valence-corrected chi connectivity index (χ0v) is 14.7. The fourth-order valence-corrected chi connectivity index (χ4v) is 1.95. The van der Waals surface area contributed by atoms with Crippen molar-refractivity contribution in [2.45, 2.75) is 53.6 Å². The minimum atomic E-state index is -0.262. The van der Waals surface area contributed by atoms with E-state index < -0.39 is 0 Å². The summed E-state index contributed by atoms with van der Waals surface area (Å²) in [5, 5.41) is 3.14. The van der Waals surface area contributed by atoms with Gasteiger partial charge in [-0.05, 0) is 70.9 Å². The normalized spacial score (nSPS) is 11.4. The Labute approximate surface area is 130 Å². The quantitative estimate of drug-likeness (QED) is 0.698. The first kappa shape index (κ1) is 19.3. The minimum absolute atomic E-state index is 0.262. The van der Waals surface area contributed by atoms with Crippen molar-refractivity contribution in [1.29, 1.82) is 0 Å². The number of allylic oxidation sites excluding steroid dienone is 3. The van der Waals surface area contributed by atoms with Gasteiger partial charge in [-0.1, -0.05) is 25.2 Å². The van der Waals surface area contributed by atoms with Crippen LogP contribution in [0, 0.1) is 6.92 Å². The molecule has 1 rings (SSSR count). The van der Waals surface area contributed by atoms with Gasteiger partial charge < -0.3 is 10.1 Å². The lowest BCUT2D eigenvalue weighted by Crippen LogP contribution is -2.25. The maximum absolute atomic E-state index is 5.91. The van der Waals surface area contributed by atoms with Crippen LogP contribution in [0.2, 0.25) is 0 Å². The average Bonchev–Trinajstić information content (AvgIpc) is 2.40. The van der Waals surface area contributed by atoms with Crippen molar-refractivity contribution in [3.63, 3.8) is 0 Å². The highest BCUT2D eigenvalue weighted by Gasteiger charge is 2.15. The lowest BCUT2D eigenvalue weighted by molar-refractivity contribution is 0.162. The predicted octanol–water partition coefficient (Wildman–Crippen LogP) is 5.74. The molecule has 2 heteroatoms.